The normalized spacial score (nSPS) is 22.0. The molecule has 3 aromatic rings. The van der Waals surface area contributed by atoms with E-state index in [9.17, 15) is 5.11 Å². The van der Waals surface area contributed by atoms with Crippen LogP contribution in [0.15, 0.2) is 46.9 Å². The van der Waals surface area contributed by atoms with Crippen molar-refractivity contribution in [1.82, 2.24) is 4.98 Å². The average Bonchev–Trinajstić information content (AvgIpc) is 3.49. The zero-order valence-corrected chi connectivity index (χ0v) is 16.5. The lowest BCUT2D eigenvalue weighted by molar-refractivity contribution is 0.141. The van der Waals surface area contributed by atoms with Crippen molar-refractivity contribution in [2.24, 2.45) is 5.92 Å². The molecule has 0 atom stereocenters. The van der Waals surface area contributed by atoms with Gasteiger partial charge in [-0.15, -0.1) is 0 Å². The summed E-state index contributed by atoms with van der Waals surface area (Å²) in [5, 5.41) is 9.29. The summed E-state index contributed by atoms with van der Waals surface area (Å²) >= 11 is 0. The van der Waals surface area contributed by atoms with Gasteiger partial charge in [0.25, 0.3) is 0 Å². The number of benzene rings is 2. The molecule has 2 aliphatic carbocycles. The number of nitrogens with zero attached hydrogens (tertiary/aromatic N) is 1. The van der Waals surface area contributed by atoms with Gasteiger partial charge in [0.1, 0.15) is 17.0 Å². The van der Waals surface area contributed by atoms with Gasteiger partial charge in [-0.2, -0.15) is 0 Å². The predicted octanol–water partition coefficient (Wildman–Crippen LogP) is 5.21. The lowest BCUT2D eigenvalue weighted by Gasteiger charge is -2.27. The molecule has 152 valence electrons. The number of ether oxygens (including phenoxy) is 2. The summed E-state index contributed by atoms with van der Waals surface area (Å²) in [4.78, 5) is 4.67. The molecule has 0 aliphatic heterocycles. The Hall–Kier alpha value is -2.53. The smallest absolute Gasteiger partial charge is 0.198 e. The van der Waals surface area contributed by atoms with Gasteiger partial charge in [0.05, 0.1) is 19.3 Å². The van der Waals surface area contributed by atoms with Crippen LogP contribution in [0.1, 0.15) is 55.9 Å². The molecule has 0 unspecified atom stereocenters. The van der Waals surface area contributed by atoms with Gasteiger partial charge in [0, 0.05) is 12.0 Å². The van der Waals surface area contributed by atoms with Crippen molar-refractivity contribution >= 4 is 11.1 Å². The van der Waals surface area contributed by atoms with E-state index in [1.165, 1.54) is 12.8 Å². The Labute approximate surface area is 170 Å². The predicted molar refractivity (Wildman–Crippen MR) is 110 cm³/mol. The van der Waals surface area contributed by atoms with Crippen LogP contribution in [-0.4, -0.2) is 22.8 Å². The highest BCUT2D eigenvalue weighted by atomic mass is 16.5. The molecule has 2 fully saturated rings. The van der Waals surface area contributed by atoms with Gasteiger partial charge in [-0.25, -0.2) is 4.98 Å². The summed E-state index contributed by atoms with van der Waals surface area (Å²) in [6.45, 7) is 0.833. The van der Waals surface area contributed by atoms with E-state index in [4.69, 9.17) is 13.9 Å². The van der Waals surface area contributed by atoms with Crippen LogP contribution in [0.25, 0.3) is 11.1 Å². The first-order valence-electron chi connectivity index (χ1n) is 10.7. The van der Waals surface area contributed by atoms with E-state index < -0.39 is 0 Å². The molecular formula is C24H27NO4. The van der Waals surface area contributed by atoms with E-state index in [0.717, 1.165) is 72.3 Å². The second-order valence-electron chi connectivity index (χ2n) is 8.33. The van der Waals surface area contributed by atoms with Crippen molar-refractivity contribution in [1.29, 1.82) is 0 Å². The van der Waals surface area contributed by atoms with Gasteiger partial charge in [-0.3, -0.25) is 0 Å². The maximum Gasteiger partial charge on any atom is 0.198 e. The van der Waals surface area contributed by atoms with Crippen LogP contribution < -0.4 is 9.47 Å². The summed E-state index contributed by atoms with van der Waals surface area (Å²) in [6.07, 6.45) is 6.78. The topological polar surface area (TPSA) is 64.7 Å². The van der Waals surface area contributed by atoms with Gasteiger partial charge in [0.2, 0.25) is 0 Å². The molecule has 2 aromatic carbocycles. The molecule has 0 spiro atoms. The third-order valence-electron chi connectivity index (χ3n) is 5.97. The SMILES string of the molecule is OCc1ccc2nc(C3CCC(Oc4cccc(OCC5CC5)c4)CC3)oc2c1. The zero-order valence-electron chi connectivity index (χ0n) is 16.5. The molecule has 0 saturated heterocycles. The Kier molecular flexibility index (Phi) is 5.15. The molecule has 1 aromatic heterocycles. The maximum atomic E-state index is 9.29. The minimum Gasteiger partial charge on any atom is -0.493 e. The highest BCUT2D eigenvalue weighted by Gasteiger charge is 2.27. The Morgan fingerprint density at radius 2 is 1.79 bits per heavy atom. The maximum absolute atomic E-state index is 9.29. The number of rotatable bonds is 7. The Bertz CT molecular complexity index is 970. The van der Waals surface area contributed by atoms with Crippen LogP contribution in [0, 0.1) is 5.92 Å². The number of aliphatic hydroxyl groups is 1. The van der Waals surface area contributed by atoms with Gasteiger partial charge in [0.15, 0.2) is 11.5 Å². The van der Waals surface area contributed by atoms with Crippen LogP contribution in [0.2, 0.25) is 0 Å². The number of aliphatic hydroxyl groups excluding tert-OH is 1. The summed E-state index contributed by atoms with van der Waals surface area (Å²) in [7, 11) is 0. The fourth-order valence-electron chi connectivity index (χ4n) is 4.02. The molecule has 29 heavy (non-hydrogen) atoms. The molecule has 1 heterocycles. The third-order valence-corrected chi connectivity index (χ3v) is 5.97. The molecule has 0 radical (unpaired) electrons. The van der Waals surface area contributed by atoms with Crippen LogP contribution in [-0.2, 0) is 6.61 Å². The van der Waals surface area contributed by atoms with Crippen molar-refractivity contribution in [3.63, 3.8) is 0 Å². The monoisotopic (exact) mass is 393 g/mol. The summed E-state index contributed by atoms with van der Waals surface area (Å²) in [6, 6.07) is 13.7. The Morgan fingerprint density at radius 1 is 0.966 bits per heavy atom. The third kappa shape index (κ3) is 4.40. The molecule has 5 nitrogen and oxygen atoms in total. The van der Waals surface area contributed by atoms with Gasteiger partial charge in [-0.1, -0.05) is 12.1 Å². The van der Waals surface area contributed by atoms with E-state index in [2.05, 4.69) is 4.98 Å². The molecule has 2 saturated carbocycles. The van der Waals surface area contributed by atoms with Crippen molar-refractivity contribution in [3.05, 3.63) is 53.9 Å². The van der Waals surface area contributed by atoms with Crippen LogP contribution in [0.4, 0.5) is 0 Å². The molecule has 5 heteroatoms. The second-order valence-corrected chi connectivity index (χ2v) is 8.33. The van der Waals surface area contributed by atoms with Crippen molar-refractivity contribution in [3.8, 4) is 11.5 Å². The Balaban J connectivity index is 1.18. The second kappa shape index (κ2) is 8.07. The van der Waals surface area contributed by atoms with Crippen molar-refractivity contribution in [2.45, 2.75) is 57.2 Å². The number of hydrogen-bond donors (Lipinski definition) is 1. The first-order valence-corrected chi connectivity index (χ1v) is 10.7. The largest absolute Gasteiger partial charge is 0.493 e. The van der Waals surface area contributed by atoms with E-state index in [-0.39, 0.29) is 12.7 Å². The summed E-state index contributed by atoms with van der Waals surface area (Å²) in [5.41, 5.74) is 2.46. The van der Waals surface area contributed by atoms with Crippen LogP contribution in [0.3, 0.4) is 0 Å². The fraction of sp³-hybridized carbons (Fsp3) is 0.458. The number of aromatic nitrogens is 1. The van der Waals surface area contributed by atoms with Gasteiger partial charge < -0.3 is 19.0 Å². The van der Waals surface area contributed by atoms with Gasteiger partial charge in [-0.05, 0) is 74.3 Å². The van der Waals surface area contributed by atoms with Crippen LogP contribution >= 0.6 is 0 Å². The van der Waals surface area contributed by atoms with Crippen LogP contribution in [0.5, 0.6) is 11.5 Å². The van der Waals surface area contributed by atoms with Gasteiger partial charge >= 0.3 is 0 Å². The molecule has 5 rings (SSSR count). The van der Waals surface area contributed by atoms with Crippen molar-refractivity contribution < 1.29 is 19.0 Å². The highest BCUT2D eigenvalue weighted by molar-refractivity contribution is 5.73. The molecule has 0 amide bonds. The summed E-state index contributed by atoms with van der Waals surface area (Å²) in [5.74, 6) is 3.67. The van der Waals surface area contributed by atoms with E-state index >= 15 is 0 Å². The zero-order chi connectivity index (χ0) is 19.6. The number of oxazole rings is 1. The molecular weight excluding hydrogens is 366 g/mol. The molecule has 2 aliphatic rings. The van der Waals surface area contributed by atoms with E-state index in [1.807, 2.05) is 42.5 Å². The number of fused-ring (bicyclic) bond motifs is 1. The molecule has 1 N–H and O–H groups in total. The minimum atomic E-state index is 0.0151. The standard InChI is InChI=1S/C24H27NO4/c26-14-17-6-11-22-23(12-17)29-24(25-22)18-7-9-19(10-8-18)28-21-3-1-2-20(13-21)27-15-16-4-5-16/h1-3,6,11-13,16,18-19,26H,4-5,7-10,14-15H2. The lowest BCUT2D eigenvalue weighted by atomic mass is 9.87. The average molecular weight is 393 g/mol. The van der Waals surface area contributed by atoms with E-state index in [0.29, 0.717) is 5.92 Å². The highest BCUT2D eigenvalue weighted by Crippen LogP contribution is 2.36. The minimum absolute atomic E-state index is 0.0151. The summed E-state index contributed by atoms with van der Waals surface area (Å²) < 4.78 is 18.1. The lowest BCUT2D eigenvalue weighted by Crippen LogP contribution is -2.23. The Morgan fingerprint density at radius 3 is 2.59 bits per heavy atom. The first kappa shape index (κ1) is 18.5. The number of hydrogen-bond acceptors (Lipinski definition) is 5. The molecule has 0 bridgehead atoms. The fourth-order valence-corrected chi connectivity index (χ4v) is 4.02. The first-order chi connectivity index (χ1) is 14.3. The van der Waals surface area contributed by atoms with Crippen molar-refractivity contribution in [2.75, 3.05) is 6.61 Å². The quantitative estimate of drug-likeness (QED) is 0.597. The van der Waals surface area contributed by atoms with E-state index in [1.54, 1.807) is 0 Å².